The summed E-state index contributed by atoms with van der Waals surface area (Å²) >= 11 is 0. The molecular weight excluding hydrogens is 697 g/mol. The van der Waals surface area contributed by atoms with Gasteiger partial charge in [-0.3, -0.25) is 0 Å². The molecule has 0 bridgehead atoms. The third-order valence-corrected chi connectivity index (χ3v) is 12.4. The number of hydrogen-bond acceptors (Lipinski definition) is 0. The monoisotopic (exact) mass is 732 g/mol. The van der Waals surface area contributed by atoms with Gasteiger partial charge >= 0.3 is 0 Å². The van der Waals surface area contributed by atoms with E-state index < -0.39 is 0 Å². The lowest BCUT2D eigenvalue weighted by atomic mass is 9.87. The lowest BCUT2D eigenvalue weighted by Gasteiger charge is -2.17. The highest BCUT2D eigenvalue weighted by molar-refractivity contribution is 6.26. The Morgan fingerprint density at radius 3 is 0.948 bits per heavy atom. The van der Waals surface area contributed by atoms with Gasteiger partial charge in [0.1, 0.15) is 0 Å². The Morgan fingerprint density at radius 2 is 0.517 bits per heavy atom. The molecule has 0 fully saturated rings. The largest absolute Gasteiger partial charge is 0.0616 e. The van der Waals surface area contributed by atoms with E-state index in [2.05, 4.69) is 218 Å². The number of benzene rings is 12. The maximum atomic E-state index is 2.43. The van der Waals surface area contributed by atoms with Gasteiger partial charge in [-0.15, -0.1) is 0 Å². The van der Waals surface area contributed by atoms with Crippen LogP contribution in [0.25, 0.3) is 120 Å². The fraction of sp³-hybridized carbons (Fsp3) is 0. The van der Waals surface area contributed by atoms with Crippen LogP contribution in [0.1, 0.15) is 0 Å². The predicted molar refractivity (Wildman–Crippen MR) is 251 cm³/mol. The van der Waals surface area contributed by atoms with Gasteiger partial charge in [0.05, 0.1) is 0 Å². The van der Waals surface area contributed by atoms with Crippen molar-refractivity contribution in [3.8, 4) is 44.5 Å². The standard InChI is InChI=1S/C58H36/c1-3-15-48-39(11-1)13-9-21-50(48)41-27-23-37-25-29-43(33-45(37)31-41)56-35-47-36-57(53-18-6-8-20-55(53)58(47)54-19-7-5-17-52(54)56)44-30-26-38-24-28-42(32-46(38)34-44)51-22-10-14-40-12-2-4-16-49(40)51/h1-36H. The smallest absolute Gasteiger partial charge is 0.00259 e. The summed E-state index contributed by atoms with van der Waals surface area (Å²) in [7, 11) is 0. The van der Waals surface area contributed by atoms with E-state index in [-0.39, 0.29) is 0 Å². The van der Waals surface area contributed by atoms with Crippen molar-refractivity contribution in [1.82, 2.24) is 0 Å². The molecule has 0 N–H and O–H groups in total. The second-order valence-electron chi connectivity index (χ2n) is 15.6. The molecule has 0 amide bonds. The average molecular weight is 733 g/mol. The summed E-state index contributed by atoms with van der Waals surface area (Å²) in [5.41, 5.74) is 9.95. The summed E-state index contributed by atoms with van der Waals surface area (Å²) in [5, 5.41) is 17.7. The molecule has 12 rings (SSSR count). The first-order valence-corrected chi connectivity index (χ1v) is 20.2. The predicted octanol–water partition coefficient (Wildman–Crippen LogP) is 16.4. The number of rotatable bonds is 4. The molecule has 268 valence electrons. The minimum absolute atomic E-state index is 1.22. The van der Waals surface area contributed by atoms with E-state index in [1.165, 1.54) is 120 Å². The second-order valence-corrected chi connectivity index (χ2v) is 15.6. The first-order valence-electron chi connectivity index (χ1n) is 20.2. The Balaban J connectivity index is 1.04. The van der Waals surface area contributed by atoms with Crippen molar-refractivity contribution in [2.75, 3.05) is 0 Å². The molecular formula is C58H36. The van der Waals surface area contributed by atoms with Gasteiger partial charge in [0, 0.05) is 0 Å². The molecule has 0 heteroatoms. The van der Waals surface area contributed by atoms with Crippen LogP contribution in [0.4, 0.5) is 0 Å². The zero-order chi connectivity index (χ0) is 38.2. The summed E-state index contributed by atoms with van der Waals surface area (Å²) < 4.78 is 0. The molecule has 0 spiro atoms. The lowest BCUT2D eigenvalue weighted by Crippen LogP contribution is -1.90. The highest BCUT2D eigenvalue weighted by Gasteiger charge is 2.16. The van der Waals surface area contributed by atoms with E-state index in [9.17, 15) is 0 Å². The van der Waals surface area contributed by atoms with E-state index >= 15 is 0 Å². The molecule has 0 atom stereocenters. The molecule has 12 aromatic carbocycles. The van der Waals surface area contributed by atoms with Gasteiger partial charge in [0.2, 0.25) is 0 Å². The minimum Gasteiger partial charge on any atom is -0.0616 e. The van der Waals surface area contributed by atoms with Crippen LogP contribution in [0.15, 0.2) is 218 Å². The Kier molecular flexibility index (Phi) is 7.33. The molecule has 0 aromatic heterocycles. The van der Waals surface area contributed by atoms with E-state index in [1.54, 1.807) is 0 Å². The third-order valence-electron chi connectivity index (χ3n) is 12.4. The molecule has 0 unspecified atom stereocenters. The van der Waals surface area contributed by atoms with E-state index in [0.29, 0.717) is 0 Å². The highest BCUT2D eigenvalue weighted by Crippen LogP contribution is 2.43. The Hall–Kier alpha value is -7.54. The summed E-state index contributed by atoms with van der Waals surface area (Å²) in [6.07, 6.45) is 0. The van der Waals surface area contributed by atoms with Crippen molar-refractivity contribution in [3.05, 3.63) is 218 Å². The molecule has 0 nitrogen and oxygen atoms in total. The zero-order valence-corrected chi connectivity index (χ0v) is 31.8. The van der Waals surface area contributed by atoms with Gasteiger partial charge in [-0.1, -0.05) is 182 Å². The van der Waals surface area contributed by atoms with Crippen molar-refractivity contribution in [2.24, 2.45) is 0 Å². The van der Waals surface area contributed by atoms with Gasteiger partial charge in [-0.25, -0.2) is 0 Å². The summed E-state index contributed by atoms with van der Waals surface area (Å²) in [6, 6.07) is 81.0. The maximum Gasteiger partial charge on any atom is -0.00259 e. The summed E-state index contributed by atoms with van der Waals surface area (Å²) in [6.45, 7) is 0. The van der Waals surface area contributed by atoms with Crippen molar-refractivity contribution < 1.29 is 0 Å². The molecule has 0 radical (unpaired) electrons. The SMILES string of the molecule is c1ccc2c(-c3ccc4ccc(-c5cc6cc(-c7ccc8ccc(-c9cccc%10ccccc9%10)cc8c7)c7ccccc7c6c6ccccc56)cc4c3)cccc2c1. The lowest BCUT2D eigenvalue weighted by molar-refractivity contribution is 1.66. The first-order chi connectivity index (χ1) is 28.7. The van der Waals surface area contributed by atoms with Gasteiger partial charge < -0.3 is 0 Å². The second kappa shape index (κ2) is 13.0. The minimum atomic E-state index is 1.22. The van der Waals surface area contributed by atoms with Gasteiger partial charge in [-0.05, 0) is 156 Å². The van der Waals surface area contributed by atoms with Crippen LogP contribution >= 0.6 is 0 Å². The van der Waals surface area contributed by atoms with Crippen LogP contribution < -0.4 is 0 Å². The molecule has 0 heterocycles. The molecule has 12 aromatic rings. The Morgan fingerprint density at radius 1 is 0.172 bits per heavy atom. The van der Waals surface area contributed by atoms with E-state index in [4.69, 9.17) is 0 Å². The van der Waals surface area contributed by atoms with Gasteiger partial charge in [0.25, 0.3) is 0 Å². The van der Waals surface area contributed by atoms with Crippen molar-refractivity contribution >= 4 is 75.4 Å². The summed E-state index contributed by atoms with van der Waals surface area (Å²) in [4.78, 5) is 0. The highest BCUT2D eigenvalue weighted by atomic mass is 14.2. The molecule has 0 aliphatic heterocycles. The van der Waals surface area contributed by atoms with Gasteiger partial charge in [-0.2, -0.15) is 0 Å². The number of hydrogen-bond donors (Lipinski definition) is 0. The van der Waals surface area contributed by atoms with Crippen LogP contribution in [0.5, 0.6) is 0 Å². The van der Waals surface area contributed by atoms with Crippen molar-refractivity contribution in [1.29, 1.82) is 0 Å². The van der Waals surface area contributed by atoms with Crippen LogP contribution in [-0.4, -0.2) is 0 Å². The fourth-order valence-corrected chi connectivity index (χ4v) is 9.58. The van der Waals surface area contributed by atoms with Crippen LogP contribution in [0, 0.1) is 0 Å². The maximum absolute atomic E-state index is 2.43. The Labute approximate surface area is 336 Å². The first kappa shape index (κ1) is 32.7. The van der Waals surface area contributed by atoms with Crippen molar-refractivity contribution in [2.45, 2.75) is 0 Å². The molecule has 0 saturated heterocycles. The van der Waals surface area contributed by atoms with Crippen molar-refractivity contribution in [3.63, 3.8) is 0 Å². The average Bonchev–Trinajstić information content (AvgIpc) is 3.29. The third kappa shape index (κ3) is 5.23. The summed E-state index contributed by atoms with van der Waals surface area (Å²) in [5.74, 6) is 0. The molecule has 0 aliphatic rings. The molecule has 58 heavy (non-hydrogen) atoms. The van der Waals surface area contributed by atoms with Crippen LogP contribution in [-0.2, 0) is 0 Å². The van der Waals surface area contributed by atoms with E-state index in [0.717, 1.165) is 0 Å². The van der Waals surface area contributed by atoms with Crippen LogP contribution in [0.3, 0.4) is 0 Å². The Bertz CT molecular complexity index is 3380. The van der Waals surface area contributed by atoms with Crippen LogP contribution in [0.2, 0.25) is 0 Å². The normalized spacial score (nSPS) is 11.8. The quantitative estimate of drug-likeness (QED) is 0.158. The molecule has 0 saturated carbocycles. The number of fused-ring (bicyclic) bond motifs is 9. The fourth-order valence-electron chi connectivity index (χ4n) is 9.58. The molecule has 0 aliphatic carbocycles. The van der Waals surface area contributed by atoms with Gasteiger partial charge in [0.15, 0.2) is 0 Å². The van der Waals surface area contributed by atoms with E-state index in [1.807, 2.05) is 0 Å². The zero-order valence-electron chi connectivity index (χ0n) is 31.8. The topological polar surface area (TPSA) is 0 Å².